The predicted molar refractivity (Wildman–Crippen MR) is 85.1 cm³/mol. The molecule has 1 atom stereocenters. The van der Waals surface area contributed by atoms with E-state index in [0.29, 0.717) is 22.8 Å². The van der Waals surface area contributed by atoms with Crippen molar-refractivity contribution in [2.45, 2.75) is 10.3 Å². The van der Waals surface area contributed by atoms with Gasteiger partial charge in [0.1, 0.15) is 5.41 Å². The van der Waals surface area contributed by atoms with Crippen LogP contribution in [-0.2, 0) is 10.2 Å². The lowest BCUT2D eigenvalue weighted by Crippen LogP contribution is -2.37. The Labute approximate surface area is 133 Å². The molecule has 1 N–H and O–H groups in total. The lowest BCUT2D eigenvalue weighted by Gasteiger charge is -2.26. The summed E-state index contributed by atoms with van der Waals surface area (Å²) in [5.74, 6) is 0.745. The molecule has 0 spiro atoms. The predicted octanol–water partition coefficient (Wildman–Crippen LogP) is 3.18. The first kappa shape index (κ1) is 14.8. The van der Waals surface area contributed by atoms with E-state index in [-0.39, 0.29) is 0 Å². The molecule has 4 nitrogen and oxygen atoms in total. The Kier molecular flexibility index (Phi) is 3.74. The topological polar surface area (TPSA) is 55.8 Å². The van der Waals surface area contributed by atoms with Crippen LogP contribution in [0.2, 0.25) is 0 Å². The second-order valence-electron chi connectivity index (χ2n) is 5.07. The van der Waals surface area contributed by atoms with Gasteiger partial charge in [0.05, 0.1) is 14.2 Å². The minimum absolute atomic E-state index is 0.469. The Morgan fingerprint density at radius 3 is 2.55 bits per heavy atom. The maximum Gasteiger partial charge on any atom is 0.319 e. The second-order valence-corrected chi connectivity index (χ2v) is 6.08. The van der Waals surface area contributed by atoms with E-state index >= 15 is 0 Å². The minimum atomic E-state index is -1.05. The zero-order chi connectivity index (χ0) is 15.7. The Hall–Kier alpha value is -2.14. The molecule has 0 bridgehead atoms. The van der Waals surface area contributed by atoms with Gasteiger partial charge in [0.2, 0.25) is 0 Å². The molecular formula is C17H16O4S. The number of rotatable bonds is 4. The Morgan fingerprint density at radius 2 is 1.86 bits per heavy atom. The van der Waals surface area contributed by atoms with Crippen LogP contribution in [0.5, 0.6) is 11.5 Å². The monoisotopic (exact) mass is 316 g/mol. The van der Waals surface area contributed by atoms with Gasteiger partial charge in [-0.2, -0.15) is 0 Å². The number of thioether (sulfide) groups is 1. The van der Waals surface area contributed by atoms with Crippen LogP contribution in [0.25, 0.3) is 0 Å². The highest BCUT2D eigenvalue weighted by Crippen LogP contribution is 2.49. The van der Waals surface area contributed by atoms with Gasteiger partial charge in [-0.1, -0.05) is 24.3 Å². The third-order valence-electron chi connectivity index (χ3n) is 4.03. The summed E-state index contributed by atoms with van der Waals surface area (Å²) in [6.07, 6.45) is 0. The molecule has 0 amide bonds. The quantitative estimate of drug-likeness (QED) is 0.939. The fourth-order valence-electron chi connectivity index (χ4n) is 2.85. The molecule has 2 aromatic carbocycles. The van der Waals surface area contributed by atoms with Crippen molar-refractivity contribution in [3.8, 4) is 11.5 Å². The molecule has 0 aliphatic carbocycles. The summed E-state index contributed by atoms with van der Waals surface area (Å²) in [5.41, 5.74) is 0.482. The van der Waals surface area contributed by atoms with Gasteiger partial charge in [0.15, 0.2) is 11.5 Å². The van der Waals surface area contributed by atoms with E-state index < -0.39 is 11.4 Å². The van der Waals surface area contributed by atoms with Gasteiger partial charge >= 0.3 is 5.97 Å². The van der Waals surface area contributed by atoms with Crippen LogP contribution in [0.4, 0.5) is 0 Å². The molecule has 1 heterocycles. The molecule has 2 aromatic rings. The number of carboxylic acids is 1. The van der Waals surface area contributed by atoms with Gasteiger partial charge in [0, 0.05) is 10.6 Å². The van der Waals surface area contributed by atoms with E-state index in [0.717, 1.165) is 10.5 Å². The lowest BCUT2D eigenvalue weighted by atomic mass is 9.76. The van der Waals surface area contributed by atoms with Crippen LogP contribution < -0.4 is 9.47 Å². The molecule has 0 saturated heterocycles. The van der Waals surface area contributed by atoms with Crippen molar-refractivity contribution in [3.63, 3.8) is 0 Å². The van der Waals surface area contributed by atoms with Crippen molar-refractivity contribution in [1.82, 2.24) is 0 Å². The molecule has 1 unspecified atom stereocenters. The molecule has 3 rings (SSSR count). The highest BCUT2D eigenvalue weighted by Gasteiger charge is 2.48. The summed E-state index contributed by atoms with van der Waals surface area (Å²) in [6, 6.07) is 13.0. The van der Waals surface area contributed by atoms with E-state index in [2.05, 4.69) is 0 Å². The molecule has 0 saturated carbocycles. The van der Waals surface area contributed by atoms with Crippen molar-refractivity contribution < 1.29 is 19.4 Å². The number of ether oxygens (including phenoxy) is 2. The molecule has 0 radical (unpaired) electrons. The van der Waals surface area contributed by atoms with Gasteiger partial charge in [-0.25, -0.2) is 0 Å². The Morgan fingerprint density at radius 1 is 1.14 bits per heavy atom. The summed E-state index contributed by atoms with van der Waals surface area (Å²) in [7, 11) is 3.11. The van der Waals surface area contributed by atoms with Crippen molar-refractivity contribution in [2.24, 2.45) is 0 Å². The molecule has 0 aromatic heterocycles. The van der Waals surface area contributed by atoms with Crippen molar-refractivity contribution in [1.29, 1.82) is 0 Å². The van der Waals surface area contributed by atoms with Gasteiger partial charge in [-0.05, 0) is 29.3 Å². The standard InChI is InChI=1S/C17H16O4S/c1-20-13-8-7-11(9-14(13)21-2)17(16(18)19)10-22-15-6-4-3-5-12(15)17/h3-9H,10H2,1-2H3,(H,18,19). The number of benzene rings is 2. The smallest absolute Gasteiger partial charge is 0.319 e. The summed E-state index contributed by atoms with van der Waals surface area (Å²) >= 11 is 1.57. The highest BCUT2D eigenvalue weighted by atomic mass is 32.2. The van der Waals surface area contributed by atoms with Crippen molar-refractivity contribution in [3.05, 3.63) is 53.6 Å². The molecule has 1 aliphatic heterocycles. The van der Waals surface area contributed by atoms with Crippen molar-refractivity contribution >= 4 is 17.7 Å². The largest absolute Gasteiger partial charge is 0.493 e. The van der Waals surface area contributed by atoms with Crippen LogP contribution in [-0.4, -0.2) is 31.0 Å². The maximum atomic E-state index is 12.2. The number of aliphatic carboxylic acids is 1. The highest BCUT2D eigenvalue weighted by molar-refractivity contribution is 7.99. The number of hydrogen-bond acceptors (Lipinski definition) is 4. The van der Waals surface area contributed by atoms with Gasteiger partial charge in [0.25, 0.3) is 0 Å². The Bertz CT molecular complexity index is 728. The van der Waals surface area contributed by atoms with Gasteiger partial charge < -0.3 is 14.6 Å². The second kappa shape index (κ2) is 5.57. The first-order chi connectivity index (χ1) is 10.6. The van der Waals surface area contributed by atoms with Crippen LogP contribution in [0, 0.1) is 0 Å². The first-order valence-electron chi connectivity index (χ1n) is 6.81. The average molecular weight is 316 g/mol. The van der Waals surface area contributed by atoms with Gasteiger partial charge in [-0.15, -0.1) is 11.8 Å². The van der Waals surface area contributed by atoms with E-state index in [4.69, 9.17) is 9.47 Å². The summed E-state index contributed by atoms with van der Waals surface area (Å²) in [6.45, 7) is 0. The maximum absolute atomic E-state index is 12.2. The molecular weight excluding hydrogens is 300 g/mol. The van der Waals surface area contributed by atoms with E-state index in [1.54, 1.807) is 44.2 Å². The third kappa shape index (κ3) is 2.04. The summed E-state index contributed by atoms with van der Waals surface area (Å²) in [4.78, 5) is 13.2. The van der Waals surface area contributed by atoms with Gasteiger partial charge in [-0.3, -0.25) is 4.79 Å². The van der Waals surface area contributed by atoms with E-state index in [9.17, 15) is 9.90 Å². The molecule has 5 heteroatoms. The number of carbonyl (C=O) groups is 1. The first-order valence-corrected chi connectivity index (χ1v) is 7.80. The number of carboxylic acid groups (broad SMARTS) is 1. The van der Waals surface area contributed by atoms with Crippen LogP contribution in [0.1, 0.15) is 11.1 Å². The minimum Gasteiger partial charge on any atom is -0.493 e. The van der Waals surface area contributed by atoms with E-state index in [1.807, 2.05) is 24.3 Å². The van der Waals surface area contributed by atoms with Crippen LogP contribution >= 0.6 is 11.8 Å². The fraction of sp³-hybridized carbons (Fsp3) is 0.235. The summed E-state index contributed by atoms with van der Waals surface area (Å²) in [5, 5.41) is 9.97. The zero-order valence-corrected chi connectivity index (χ0v) is 13.1. The van der Waals surface area contributed by atoms with Crippen molar-refractivity contribution in [2.75, 3.05) is 20.0 Å². The van der Waals surface area contributed by atoms with Crippen LogP contribution in [0.15, 0.2) is 47.4 Å². The average Bonchev–Trinajstić information content (AvgIpc) is 2.95. The lowest BCUT2D eigenvalue weighted by molar-refractivity contribution is -0.141. The summed E-state index contributed by atoms with van der Waals surface area (Å²) < 4.78 is 10.6. The molecule has 0 fully saturated rings. The number of methoxy groups -OCH3 is 2. The molecule has 1 aliphatic rings. The zero-order valence-electron chi connectivity index (χ0n) is 12.3. The Balaban J connectivity index is 2.21. The van der Waals surface area contributed by atoms with E-state index in [1.165, 1.54) is 0 Å². The number of fused-ring (bicyclic) bond motifs is 1. The SMILES string of the molecule is COc1ccc(C2(C(=O)O)CSc3ccccc32)cc1OC. The van der Waals surface area contributed by atoms with Crippen LogP contribution in [0.3, 0.4) is 0 Å². The molecule has 114 valence electrons. The normalized spacial score (nSPS) is 19.5. The fourth-order valence-corrected chi connectivity index (χ4v) is 4.24. The molecule has 22 heavy (non-hydrogen) atoms. The third-order valence-corrected chi connectivity index (χ3v) is 5.28. The number of hydrogen-bond donors (Lipinski definition) is 1.